The summed E-state index contributed by atoms with van der Waals surface area (Å²) in [6, 6.07) is 4.71. The Morgan fingerprint density at radius 1 is 1.42 bits per heavy atom. The Balaban J connectivity index is 2.47. The van der Waals surface area contributed by atoms with Crippen molar-refractivity contribution >= 4 is 21.6 Å². The van der Waals surface area contributed by atoms with Gasteiger partial charge in [0.05, 0.1) is 11.6 Å². The zero-order chi connectivity index (χ0) is 14.0. The third kappa shape index (κ3) is 2.79. The molecule has 1 aromatic rings. The normalized spacial score (nSPS) is 21.5. The molecule has 1 N–H and O–H groups in total. The van der Waals surface area contributed by atoms with Gasteiger partial charge in [-0.2, -0.15) is 4.31 Å². The Morgan fingerprint density at radius 2 is 2.16 bits per heavy atom. The van der Waals surface area contributed by atoms with E-state index in [4.69, 9.17) is 11.6 Å². The van der Waals surface area contributed by atoms with Gasteiger partial charge in [-0.1, -0.05) is 30.2 Å². The van der Waals surface area contributed by atoms with Gasteiger partial charge >= 0.3 is 0 Å². The van der Waals surface area contributed by atoms with Crippen molar-refractivity contribution in [3.05, 3.63) is 28.8 Å². The lowest BCUT2D eigenvalue weighted by Crippen LogP contribution is -2.45. The van der Waals surface area contributed by atoms with Gasteiger partial charge < -0.3 is 5.11 Å². The molecule has 4 nitrogen and oxygen atoms in total. The van der Waals surface area contributed by atoms with E-state index in [1.54, 1.807) is 25.1 Å². The van der Waals surface area contributed by atoms with Crippen LogP contribution in [0.5, 0.6) is 0 Å². The summed E-state index contributed by atoms with van der Waals surface area (Å²) in [7, 11) is -3.64. The highest BCUT2D eigenvalue weighted by atomic mass is 35.5. The van der Waals surface area contributed by atoms with Crippen molar-refractivity contribution in [1.29, 1.82) is 0 Å². The van der Waals surface area contributed by atoms with Crippen molar-refractivity contribution in [2.24, 2.45) is 0 Å². The molecule has 19 heavy (non-hydrogen) atoms. The molecule has 0 saturated carbocycles. The average molecular weight is 304 g/mol. The van der Waals surface area contributed by atoms with Gasteiger partial charge in [-0.3, -0.25) is 0 Å². The molecule has 0 aliphatic carbocycles. The van der Waals surface area contributed by atoms with Crippen LogP contribution < -0.4 is 0 Å². The summed E-state index contributed by atoms with van der Waals surface area (Å²) in [5.41, 5.74) is 0.634. The number of benzene rings is 1. The molecular weight excluding hydrogens is 286 g/mol. The predicted octanol–water partition coefficient (Wildman–Crippen LogP) is 2.18. The Bertz CT molecular complexity index is 539. The number of hydrogen-bond donors (Lipinski definition) is 1. The first-order valence-electron chi connectivity index (χ1n) is 6.36. The maximum Gasteiger partial charge on any atom is 0.245 e. The summed E-state index contributed by atoms with van der Waals surface area (Å²) in [6.45, 7) is 2.03. The summed E-state index contributed by atoms with van der Waals surface area (Å²) in [6.07, 6.45) is 2.46. The molecule has 6 heteroatoms. The average Bonchev–Trinajstić information content (AvgIpc) is 2.38. The quantitative estimate of drug-likeness (QED) is 0.931. The van der Waals surface area contributed by atoms with Crippen molar-refractivity contribution in [3.63, 3.8) is 0 Å². The van der Waals surface area contributed by atoms with Gasteiger partial charge in [0.25, 0.3) is 0 Å². The smallest absolute Gasteiger partial charge is 0.245 e. The summed E-state index contributed by atoms with van der Waals surface area (Å²) in [4.78, 5) is 0.164. The molecule has 1 saturated heterocycles. The molecule has 1 heterocycles. The molecule has 1 fully saturated rings. The highest BCUT2D eigenvalue weighted by molar-refractivity contribution is 7.89. The molecule has 106 valence electrons. The molecule has 1 aliphatic rings. The number of piperidine rings is 1. The van der Waals surface area contributed by atoms with E-state index >= 15 is 0 Å². The molecular formula is C13H18ClNO3S. The lowest BCUT2D eigenvalue weighted by atomic mass is 10.1. The lowest BCUT2D eigenvalue weighted by molar-refractivity contribution is 0.155. The van der Waals surface area contributed by atoms with E-state index in [-0.39, 0.29) is 22.6 Å². The first kappa shape index (κ1) is 14.8. The molecule has 1 atom stereocenters. The maximum atomic E-state index is 12.7. The molecule has 0 aromatic heterocycles. The fourth-order valence-corrected chi connectivity index (χ4v) is 5.01. The van der Waals surface area contributed by atoms with Gasteiger partial charge in [0.1, 0.15) is 4.90 Å². The van der Waals surface area contributed by atoms with E-state index in [0.717, 1.165) is 12.8 Å². The number of aliphatic hydroxyl groups is 1. The molecule has 1 aromatic carbocycles. The zero-order valence-corrected chi connectivity index (χ0v) is 12.4. The number of sulfonamides is 1. The number of aliphatic hydroxyl groups excluding tert-OH is 1. The maximum absolute atomic E-state index is 12.7. The van der Waals surface area contributed by atoms with Crippen LogP contribution in [-0.2, 0) is 10.0 Å². The monoisotopic (exact) mass is 303 g/mol. The minimum absolute atomic E-state index is 0.150. The van der Waals surface area contributed by atoms with Crippen molar-refractivity contribution in [2.75, 3.05) is 13.2 Å². The predicted molar refractivity (Wildman–Crippen MR) is 74.8 cm³/mol. The van der Waals surface area contributed by atoms with Crippen LogP contribution in [-0.4, -0.2) is 37.0 Å². The van der Waals surface area contributed by atoms with Crippen molar-refractivity contribution in [2.45, 2.75) is 37.1 Å². The first-order chi connectivity index (χ1) is 8.98. The first-order valence-corrected chi connectivity index (χ1v) is 8.18. The topological polar surface area (TPSA) is 57.6 Å². The number of hydrogen-bond acceptors (Lipinski definition) is 3. The highest BCUT2D eigenvalue weighted by Gasteiger charge is 2.35. The van der Waals surface area contributed by atoms with E-state index in [1.807, 2.05) is 0 Å². The van der Waals surface area contributed by atoms with E-state index in [2.05, 4.69) is 0 Å². The van der Waals surface area contributed by atoms with Gasteiger partial charge in [0.2, 0.25) is 10.0 Å². The van der Waals surface area contributed by atoms with E-state index in [9.17, 15) is 13.5 Å². The van der Waals surface area contributed by atoms with Gasteiger partial charge in [0, 0.05) is 12.6 Å². The van der Waals surface area contributed by atoms with Crippen LogP contribution in [0.1, 0.15) is 24.8 Å². The fourth-order valence-electron chi connectivity index (χ4n) is 2.53. The van der Waals surface area contributed by atoms with Crippen LogP contribution in [0.4, 0.5) is 0 Å². The van der Waals surface area contributed by atoms with Crippen LogP contribution in [0.3, 0.4) is 0 Å². The Labute approximate surface area is 119 Å². The van der Waals surface area contributed by atoms with Crippen LogP contribution >= 0.6 is 11.6 Å². The van der Waals surface area contributed by atoms with Crippen molar-refractivity contribution < 1.29 is 13.5 Å². The van der Waals surface area contributed by atoms with Crippen LogP contribution in [0.2, 0.25) is 5.02 Å². The number of nitrogens with zero attached hydrogens (tertiary/aromatic N) is 1. The van der Waals surface area contributed by atoms with E-state index < -0.39 is 10.0 Å². The SMILES string of the molecule is Cc1cccc(Cl)c1S(=O)(=O)N1CCCCC1CO. The molecule has 1 aliphatic heterocycles. The van der Waals surface area contributed by atoms with Crippen LogP contribution in [0.15, 0.2) is 23.1 Å². The Hall–Kier alpha value is -0.620. The van der Waals surface area contributed by atoms with Crippen molar-refractivity contribution in [1.82, 2.24) is 4.31 Å². The Kier molecular flexibility index (Phi) is 4.50. The molecule has 0 spiro atoms. The minimum atomic E-state index is -3.64. The number of aryl methyl sites for hydroxylation is 1. The summed E-state index contributed by atoms with van der Waals surface area (Å²) >= 11 is 6.06. The van der Waals surface area contributed by atoms with E-state index in [0.29, 0.717) is 18.5 Å². The summed E-state index contributed by atoms with van der Waals surface area (Å²) in [5, 5.41) is 9.61. The van der Waals surface area contributed by atoms with E-state index in [1.165, 1.54) is 4.31 Å². The lowest BCUT2D eigenvalue weighted by Gasteiger charge is -2.34. The zero-order valence-electron chi connectivity index (χ0n) is 10.8. The molecule has 2 rings (SSSR count). The van der Waals surface area contributed by atoms with Gasteiger partial charge in [-0.15, -0.1) is 0 Å². The second-order valence-electron chi connectivity index (χ2n) is 4.83. The standard InChI is InChI=1S/C13H18ClNO3S/c1-10-5-4-7-12(14)13(10)19(17,18)15-8-3-2-6-11(15)9-16/h4-5,7,11,16H,2-3,6,8-9H2,1H3. The summed E-state index contributed by atoms with van der Waals surface area (Å²) in [5.74, 6) is 0. The van der Waals surface area contributed by atoms with Crippen LogP contribution in [0, 0.1) is 6.92 Å². The molecule has 0 bridgehead atoms. The van der Waals surface area contributed by atoms with Gasteiger partial charge in [-0.05, 0) is 31.4 Å². The third-order valence-electron chi connectivity index (χ3n) is 3.51. The summed E-state index contributed by atoms with van der Waals surface area (Å²) < 4.78 is 26.9. The second-order valence-corrected chi connectivity index (χ2v) is 7.07. The van der Waals surface area contributed by atoms with Crippen LogP contribution in [0.25, 0.3) is 0 Å². The second kappa shape index (κ2) is 5.79. The van der Waals surface area contributed by atoms with Gasteiger partial charge in [0.15, 0.2) is 0 Å². The fraction of sp³-hybridized carbons (Fsp3) is 0.538. The molecule has 0 amide bonds. The molecule has 1 unspecified atom stereocenters. The Morgan fingerprint density at radius 3 is 2.79 bits per heavy atom. The molecule has 0 radical (unpaired) electrons. The van der Waals surface area contributed by atoms with Crippen molar-refractivity contribution in [3.8, 4) is 0 Å². The highest BCUT2D eigenvalue weighted by Crippen LogP contribution is 2.31. The number of rotatable bonds is 3. The third-order valence-corrected chi connectivity index (χ3v) is 6.10. The van der Waals surface area contributed by atoms with Gasteiger partial charge in [-0.25, -0.2) is 8.42 Å². The minimum Gasteiger partial charge on any atom is -0.395 e. The number of halogens is 1. The largest absolute Gasteiger partial charge is 0.395 e.